The summed E-state index contributed by atoms with van der Waals surface area (Å²) in [6.45, 7) is 2.44. The van der Waals surface area contributed by atoms with Crippen LogP contribution in [0.3, 0.4) is 0 Å². The van der Waals surface area contributed by atoms with Crippen LogP contribution in [-0.2, 0) is 10.8 Å². The first kappa shape index (κ1) is 35.1. The van der Waals surface area contributed by atoms with E-state index in [9.17, 15) is 0 Å². The van der Waals surface area contributed by atoms with Gasteiger partial charge in [-0.3, -0.25) is 0 Å². The monoisotopic (exact) mass is 791 g/mol. The lowest BCUT2D eigenvalue weighted by atomic mass is 9.61. The van der Waals surface area contributed by atoms with Crippen molar-refractivity contribution >= 4 is 49.8 Å². The Hall–Kier alpha value is -7.68. The zero-order valence-corrected chi connectivity index (χ0v) is 34.3. The van der Waals surface area contributed by atoms with Gasteiger partial charge in [-0.1, -0.05) is 195 Å². The Bertz CT molecular complexity index is 3450. The molecule has 1 heterocycles. The number of fused-ring (bicyclic) bond motifs is 14. The van der Waals surface area contributed by atoms with E-state index >= 15 is 0 Å². The van der Waals surface area contributed by atoms with Crippen molar-refractivity contribution in [2.45, 2.75) is 17.8 Å². The minimum absolute atomic E-state index is 0.142. The standard InChI is InChI=1S/C60H41NO/c1-59-36-12-11-27-56(59)60(51-24-9-7-19-47(51)48-20-8-10-25-52(48)60)54-38-43(31-35-53(54)59)40-28-32-44(33-29-40)61(45-34-30-39-15-5-6-18-42(39)37-45)55-26-14-23-50-49-22-13-21-46(57(49)62-58(50)55)41-16-3-2-4-17-41/h2-38,56H,1H3. The molecule has 3 aliphatic carbocycles. The molecule has 0 saturated heterocycles. The lowest BCUT2D eigenvalue weighted by Gasteiger charge is -2.40. The van der Waals surface area contributed by atoms with Gasteiger partial charge in [-0.05, 0) is 97.2 Å². The fourth-order valence-corrected chi connectivity index (χ4v) is 11.5. The Kier molecular flexibility index (Phi) is 7.45. The van der Waals surface area contributed by atoms with E-state index in [0.717, 1.165) is 50.1 Å². The summed E-state index contributed by atoms with van der Waals surface area (Å²) < 4.78 is 7.01. The van der Waals surface area contributed by atoms with Gasteiger partial charge in [-0.15, -0.1) is 0 Å². The van der Waals surface area contributed by atoms with Crippen molar-refractivity contribution in [1.29, 1.82) is 0 Å². The number of furan rings is 1. The van der Waals surface area contributed by atoms with E-state index in [1.54, 1.807) is 0 Å². The van der Waals surface area contributed by atoms with Gasteiger partial charge in [0.25, 0.3) is 0 Å². The number of para-hydroxylation sites is 2. The summed E-state index contributed by atoms with van der Waals surface area (Å²) >= 11 is 0. The highest BCUT2D eigenvalue weighted by Crippen LogP contribution is 2.67. The molecule has 1 aromatic heterocycles. The minimum Gasteiger partial charge on any atom is -0.453 e. The molecule has 0 radical (unpaired) electrons. The molecule has 0 amide bonds. The molecule has 2 nitrogen and oxygen atoms in total. The normalized spacial score (nSPS) is 17.7. The molecule has 9 aromatic carbocycles. The predicted octanol–water partition coefficient (Wildman–Crippen LogP) is 15.9. The molecule has 292 valence electrons. The molecule has 0 N–H and O–H groups in total. The van der Waals surface area contributed by atoms with Crippen LogP contribution in [0, 0.1) is 5.92 Å². The van der Waals surface area contributed by atoms with Crippen molar-refractivity contribution in [3.8, 4) is 33.4 Å². The Balaban J connectivity index is 0.978. The maximum atomic E-state index is 7.01. The number of allylic oxidation sites excluding steroid dienone is 4. The Morgan fingerprint density at radius 3 is 1.87 bits per heavy atom. The van der Waals surface area contributed by atoms with E-state index in [1.807, 2.05) is 0 Å². The number of hydrogen-bond donors (Lipinski definition) is 0. The molecular weight excluding hydrogens is 751 g/mol. The summed E-state index contributed by atoms with van der Waals surface area (Å²) in [7, 11) is 0. The van der Waals surface area contributed by atoms with Crippen LogP contribution >= 0.6 is 0 Å². The van der Waals surface area contributed by atoms with Crippen LogP contribution in [0.4, 0.5) is 17.1 Å². The molecule has 0 saturated carbocycles. The molecule has 13 rings (SSSR count). The number of nitrogens with zero attached hydrogens (tertiary/aromatic N) is 1. The van der Waals surface area contributed by atoms with Crippen molar-refractivity contribution in [2.24, 2.45) is 5.92 Å². The smallest absolute Gasteiger partial charge is 0.159 e. The SMILES string of the molecule is CC12C=CC=CC1C1(c3ccccc3-c3ccccc31)c1cc(-c3ccc(N(c4ccc5ccccc5c4)c4cccc5c4oc4c(-c6ccccc6)cccc45)cc3)ccc12. The van der Waals surface area contributed by atoms with Gasteiger partial charge in [-0.2, -0.15) is 0 Å². The third-order valence-electron chi connectivity index (χ3n) is 14.3. The quantitative estimate of drug-likeness (QED) is 0.173. The van der Waals surface area contributed by atoms with Crippen LogP contribution in [-0.4, -0.2) is 0 Å². The molecule has 0 aliphatic heterocycles. The molecule has 62 heavy (non-hydrogen) atoms. The van der Waals surface area contributed by atoms with E-state index in [4.69, 9.17) is 4.42 Å². The van der Waals surface area contributed by atoms with Crippen molar-refractivity contribution < 1.29 is 4.42 Å². The second kappa shape index (κ2) is 13.2. The highest BCUT2D eigenvalue weighted by atomic mass is 16.3. The number of anilines is 3. The van der Waals surface area contributed by atoms with Gasteiger partial charge in [0.15, 0.2) is 5.58 Å². The largest absolute Gasteiger partial charge is 0.453 e. The number of rotatable bonds is 5. The average Bonchev–Trinajstić information content (AvgIpc) is 3.94. The summed E-state index contributed by atoms with van der Waals surface area (Å²) in [5.74, 6) is 0.248. The lowest BCUT2D eigenvalue weighted by molar-refractivity contribution is 0.372. The third kappa shape index (κ3) is 4.81. The molecule has 1 spiro atoms. The zero-order chi connectivity index (χ0) is 41.0. The van der Waals surface area contributed by atoms with E-state index in [0.29, 0.717) is 0 Å². The first-order chi connectivity index (χ1) is 30.6. The Labute approximate surface area is 361 Å². The Morgan fingerprint density at radius 1 is 0.435 bits per heavy atom. The summed E-state index contributed by atoms with van der Waals surface area (Å²) in [5, 5.41) is 4.61. The molecule has 2 unspecified atom stereocenters. The van der Waals surface area contributed by atoms with Crippen molar-refractivity contribution in [1.82, 2.24) is 0 Å². The summed E-state index contributed by atoms with van der Waals surface area (Å²) in [5.41, 5.74) is 17.4. The summed E-state index contributed by atoms with van der Waals surface area (Å²) in [6.07, 6.45) is 9.42. The highest BCUT2D eigenvalue weighted by molar-refractivity contribution is 6.13. The molecule has 0 bridgehead atoms. The Morgan fingerprint density at radius 2 is 1.08 bits per heavy atom. The fraction of sp³-hybridized carbons (Fsp3) is 0.0667. The van der Waals surface area contributed by atoms with E-state index in [-0.39, 0.29) is 16.7 Å². The average molecular weight is 792 g/mol. The topological polar surface area (TPSA) is 16.4 Å². The molecule has 10 aromatic rings. The molecular formula is C60H41NO. The van der Waals surface area contributed by atoms with Crippen molar-refractivity contribution in [3.63, 3.8) is 0 Å². The van der Waals surface area contributed by atoms with Crippen molar-refractivity contribution in [3.05, 3.63) is 247 Å². The van der Waals surface area contributed by atoms with Gasteiger partial charge in [-0.25, -0.2) is 0 Å². The zero-order valence-electron chi connectivity index (χ0n) is 34.3. The second-order valence-electron chi connectivity index (χ2n) is 17.4. The van der Waals surface area contributed by atoms with Crippen LogP contribution in [0.2, 0.25) is 0 Å². The predicted molar refractivity (Wildman–Crippen MR) is 258 cm³/mol. The van der Waals surface area contributed by atoms with Crippen molar-refractivity contribution in [2.75, 3.05) is 4.90 Å². The van der Waals surface area contributed by atoms with E-state index in [1.165, 1.54) is 55.3 Å². The molecule has 2 heteroatoms. The minimum atomic E-state index is -0.299. The first-order valence-electron chi connectivity index (χ1n) is 21.7. The maximum absolute atomic E-state index is 7.01. The van der Waals surface area contributed by atoms with E-state index < -0.39 is 0 Å². The molecule has 3 aliphatic rings. The van der Waals surface area contributed by atoms with Gasteiger partial charge < -0.3 is 9.32 Å². The molecule has 0 fully saturated rings. The number of benzene rings is 9. The van der Waals surface area contributed by atoms with Gasteiger partial charge in [0.05, 0.1) is 11.1 Å². The first-order valence-corrected chi connectivity index (χ1v) is 21.7. The van der Waals surface area contributed by atoms with E-state index in [2.05, 4.69) is 236 Å². The van der Waals surface area contributed by atoms with Gasteiger partial charge in [0, 0.05) is 39.0 Å². The number of hydrogen-bond acceptors (Lipinski definition) is 2. The second-order valence-corrected chi connectivity index (χ2v) is 17.4. The van der Waals surface area contributed by atoms with Crippen LogP contribution in [0.25, 0.3) is 66.1 Å². The maximum Gasteiger partial charge on any atom is 0.159 e. The molecule has 2 atom stereocenters. The summed E-state index contributed by atoms with van der Waals surface area (Å²) in [6, 6.07) is 73.5. The van der Waals surface area contributed by atoms with Gasteiger partial charge in [0.1, 0.15) is 5.58 Å². The van der Waals surface area contributed by atoms with Crippen LogP contribution in [0.15, 0.2) is 229 Å². The van der Waals surface area contributed by atoms with Crippen LogP contribution in [0.1, 0.15) is 29.2 Å². The van der Waals surface area contributed by atoms with Gasteiger partial charge in [0.2, 0.25) is 0 Å². The van der Waals surface area contributed by atoms with Crippen LogP contribution < -0.4 is 4.90 Å². The third-order valence-corrected chi connectivity index (χ3v) is 14.3. The lowest BCUT2D eigenvalue weighted by Crippen LogP contribution is -2.38. The highest BCUT2D eigenvalue weighted by Gasteiger charge is 2.61. The fourth-order valence-electron chi connectivity index (χ4n) is 11.5. The van der Waals surface area contributed by atoms with Gasteiger partial charge >= 0.3 is 0 Å². The van der Waals surface area contributed by atoms with Crippen LogP contribution in [0.5, 0.6) is 0 Å². The summed E-state index contributed by atoms with van der Waals surface area (Å²) in [4.78, 5) is 2.36.